The van der Waals surface area contributed by atoms with E-state index < -0.39 is 0 Å². The number of hydrogen-bond acceptors (Lipinski definition) is 5. The zero-order valence-electron chi connectivity index (χ0n) is 8.94. The normalized spacial score (nSPS) is 11.3. The molecule has 0 bridgehead atoms. The van der Waals surface area contributed by atoms with Crippen LogP contribution in [0.15, 0.2) is 6.33 Å². The van der Waals surface area contributed by atoms with Gasteiger partial charge in [-0.1, -0.05) is 5.92 Å². The van der Waals surface area contributed by atoms with Crippen LogP contribution >= 0.6 is 0 Å². The minimum atomic E-state index is -0.362. The molecule has 0 aliphatic heterocycles. The first-order valence-electron chi connectivity index (χ1n) is 4.42. The fraction of sp³-hybridized carbons (Fsp3) is 0.400. The maximum Gasteiger partial charge on any atom is 0.263 e. The Morgan fingerprint density at radius 2 is 2.27 bits per heavy atom. The number of methoxy groups -OCH3 is 1. The molecule has 0 aliphatic carbocycles. The lowest BCUT2D eigenvalue weighted by molar-refractivity contribution is 0.250. The first-order chi connectivity index (χ1) is 7.22. The molecule has 1 aromatic rings. The molecule has 0 spiro atoms. The van der Waals surface area contributed by atoms with Gasteiger partial charge in [-0.15, -0.1) is 6.42 Å². The van der Waals surface area contributed by atoms with Crippen LogP contribution in [0.5, 0.6) is 11.6 Å². The second kappa shape index (κ2) is 5.05. The van der Waals surface area contributed by atoms with Crippen molar-refractivity contribution in [3.63, 3.8) is 0 Å². The Hall–Kier alpha value is -1.96. The van der Waals surface area contributed by atoms with Crippen molar-refractivity contribution < 1.29 is 9.47 Å². The van der Waals surface area contributed by atoms with Gasteiger partial charge in [-0.2, -0.15) is 4.98 Å². The summed E-state index contributed by atoms with van der Waals surface area (Å²) in [5.41, 5.74) is 0. The molecule has 0 fully saturated rings. The summed E-state index contributed by atoms with van der Waals surface area (Å²) in [6, 6.07) is 0. The van der Waals surface area contributed by atoms with Crippen molar-refractivity contribution in [2.45, 2.75) is 13.0 Å². The summed E-state index contributed by atoms with van der Waals surface area (Å²) in [4.78, 5) is 7.94. The molecule has 1 rings (SSSR count). The van der Waals surface area contributed by atoms with E-state index in [2.05, 4.69) is 21.2 Å². The SMILES string of the molecule is C#CC(C)Oc1ncnc(NC)c1OC. The first-order valence-corrected chi connectivity index (χ1v) is 4.42. The predicted molar refractivity (Wildman–Crippen MR) is 57.1 cm³/mol. The highest BCUT2D eigenvalue weighted by molar-refractivity contribution is 5.54. The highest BCUT2D eigenvalue weighted by atomic mass is 16.5. The van der Waals surface area contributed by atoms with E-state index in [9.17, 15) is 0 Å². The number of rotatable bonds is 4. The van der Waals surface area contributed by atoms with Crippen LogP contribution in [0.3, 0.4) is 0 Å². The van der Waals surface area contributed by atoms with Crippen molar-refractivity contribution in [3.05, 3.63) is 6.33 Å². The minimum absolute atomic E-state index is 0.335. The highest BCUT2D eigenvalue weighted by Crippen LogP contribution is 2.30. The van der Waals surface area contributed by atoms with Gasteiger partial charge in [0.1, 0.15) is 6.33 Å². The molecule has 0 amide bonds. The van der Waals surface area contributed by atoms with Gasteiger partial charge in [-0.05, 0) is 6.92 Å². The Labute approximate surface area is 88.8 Å². The molecular formula is C10H13N3O2. The molecule has 0 radical (unpaired) electrons. The maximum atomic E-state index is 5.38. The van der Waals surface area contributed by atoms with Crippen LogP contribution in [0, 0.1) is 12.3 Å². The van der Waals surface area contributed by atoms with Crippen LogP contribution < -0.4 is 14.8 Å². The molecule has 1 N–H and O–H groups in total. The fourth-order valence-electron chi connectivity index (χ4n) is 1.01. The van der Waals surface area contributed by atoms with E-state index in [-0.39, 0.29) is 6.10 Å². The number of terminal acetylenes is 1. The van der Waals surface area contributed by atoms with Crippen molar-refractivity contribution in [2.24, 2.45) is 0 Å². The summed E-state index contributed by atoms with van der Waals surface area (Å²) in [6.07, 6.45) is 6.23. The summed E-state index contributed by atoms with van der Waals surface area (Å²) >= 11 is 0. The average Bonchev–Trinajstić information content (AvgIpc) is 2.28. The van der Waals surface area contributed by atoms with Crippen molar-refractivity contribution in [1.82, 2.24) is 9.97 Å². The van der Waals surface area contributed by atoms with Gasteiger partial charge in [0.25, 0.3) is 5.88 Å². The van der Waals surface area contributed by atoms with Crippen LogP contribution in [0.4, 0.5) is 5.82 Å². The third-order valence-corrected chi connectivity index (χ3v) is 1.74. The lowest BCUT2D eigenvalue weighted by Gasteiger charge is -2.13. The number of ether oxygens (including phenoxy) is 2. The molecule has 80 valence electrons. The molecule has 1 atom stereocenters. The fourth-order valence-corrected chi connectivity index (χ4v) is 1.01. The molecule has 1 aromatic heterocycles. The number of anilines is 1. The van der Waals surface area contributed by atoms with Crippen LogP contribution in [-0.2, 0) is 0 Å². The van der Waals surface area contributed by atoms with E-state index >= 15 is 0 Å². The quantitative estimate of drug-likeness (QED) is 0.744. The van der Waals surface area contributed by atoms with Crippen molar-refractivity contribution in [1.29, 1.82) is 0 Å². The largest absolute Gasteiger partial charge is 0.489 e. The summed E-state index contributed by atoms with van der Waals surface area (Å²) in [6.45, 7) is 1.75. The standard InChI is InChI=1S/C10H13N3O2/c1-5-7(2)15-10-8(14-4)9(11-3)12-6-13-10/h1,6-7H,2-4H3,(H,11,12,13). The van der Waals surface area contributed by atoms with Crippen molar-refractivity contribution >= 4 is 5.82 Å². The lowest BCUT2D eigenvalue weighted by atomic mass is 10.4. The third-order valence-electron chi connectivity index (χ3n) is 1.74. The molecular weight excluding hydrogens is 194 g/mol. The van der Waals surface area contributed by atoms with Gasteiger partial charge in [0.15, 0.2) is 11.9 Å². The highest BCUT2D eigenvalue weighted by Gasteiger charge is 2.13. The molecule has 1 heterocycles. The zero-order valence-corrected chi connectivity index (χ0v) is 8.94. The predicted octanol–water partition coefficient (Wildman–Crippen LogP) is 0.927. The second-order valence-electron chi connectivity index (χ2n) is 2.74. The summed E-state index contributed by atoms with van der Waals surface area (Å²) in [7, 11) is 3.26. The number of nitrogens with one attached hydrogen (secondary N) is 1. The molecule has 1 unspecified atom stereocenters. The topological polar surface area (TPSA) is 56.3 Å². The zero-order chi connectivity index (χ0) is 11.3. The molecule has 0 saturated carbocycles. The van der Waals surface area contributed by atoms with E-state index in [1.807, 2.05) is 0 Å². The van der Waals surface area contributed by atoms with Gasteiger partial charge in [0.05, 0.1) is 7.11 Å². The van der Waals surface area contributed by atoms with Gasteiger partial charge >= 0.3 is 0 Å². The lowest BCUT2D eigenvalue weighted by Crippen LogP contribution is -2.11. The number of nitrogens with zero attached hydrogens (tertiary/aromatic N) is 2. The van der Waals surface area contributed by atoms with E-state index in [0.717, 1.165) is 0 Å². The smallest absolute Gasteiger partial charge is 0.263 e. The number of aromatic nitrogens is 2. The van der Waals surface area contributed by atoms with E-state index in [1.165, 1.54) is 13.4 Å². The summed E-state index contributed by atoms with van der Waals surface area (Å²) in [5, 5.41) is 2.87. The minimum Gasteiger partial charge on any atom is -0.489 e. The Balaban J connectivity index is 3.02. The van der Waals surface area contributed by atoms with Gasteiger partial charge < -0.3 is 14.8 Å². The third kappa shape index (κ3) is 2.50. The Morgan fingerprint density at radius 1 is 1.53 bits per heavy atom. The Morgan fingerprint density at radius 3 is 2.80 bits per heavy atom. The average molecular weight is 207 g/mol. The van der Waals surface area contributed by atoms with Gasteiger partial charge in [-0.3, -0.25) is 0 Å². The van der Waals surface area contributed by atoms with E-state index in [4.69, 9.17) is 15.9 Å². The van der Waals surface area contributed by atoms with Crippen LogP contribution in [0.25, 0.3) is 0 Å². The molecule has 15 heavy (non-hydrogen) atoms. The summed E-state index contributed by atoms with van der Waals surface area (Å²) in [5.74, 6) is 3.79. The van der Waals surface area contributed by atoms with Crippen LogP contribution in [0.2, 0.25) is 0 Å². The maximum absolute atomic E-state index is 5.38. The molecule has 0 aliphatic rings. The van der Waals surface area contributed by atoms with Crippen LogP contribution in [-0.4, -0.2) is 30.2 Å². The Bertz CT molecular complexity index is 373. The summed E-state index contributed by atoms with van der Waals surface area (Å²) < 4.78 is 10.5. The molecule has 5 heteroatoms. The van der Waals surface area contributed by atoms with Crippen LogP contribution in [0.1, 0.15) is 6.92 Å². The van der Waals surface area contributed by atoms with E-state index in [1.54, 1.807) is 14.0 Å². The second-order valence-corrected chi connectivity index (χ2v) is 2.74. The van der Waals surface area contributed by atoms with Crippen molar-refractivity contribution in [2.75, 3.05) is 19.5 Å². The first kappa shape index (κ1) is 11.1. The van der Waals surface area contributed by atoms with Gasteiger partial charge in [-0.25, -0.2) is 4.98 Å². The molecule has 5 nitrogen and oxygen atoms in total. The molecule has 0 aromatic carbocycles. The van der Waals surface area contributed by atoms with Gasteiger partial charge in [0, 0.05) is 7.05 Å². The monoisotopic (exact) mass is 207 g/mol. The molecule has 0 saturated heterocycles. The Kier molecular flexibility index (Phi) is 3.75. The number of hydrogen-bond donors (Lipinski definition) is 1. The van der Waals surface area contributed by atoms with Crippen molar-refractivity contribution in [3.8, 4) is 24.0 Å². The van der Waals surface area contributed by atoms with Gasteiger partial charge in [0.2, 0.25) is 5.75 Å². The van der Waals surface area contributed by atoms with E-state index in [0.29, 0.717) is 17.4 Å².